The highest BCUT2D eigenvalue weighted by Gasteiger charge is 2.29. The van der Waals surface area contributed by atoms with Crippen molar-refractivity contribution in [1.29, 1.82) is 5.41 Å². The number of aryl methyl sites for hydroxylation is 1. The molecule has 1 aliphatic heterocycles. The molecule has 0 saturated carbocycles. The quantitative estimate of drug-likeness (QED) is 0.691. The SMILES string of the molecule is Br.COc1cc(C(=O)CN2Cc3ccc(C)nc3C2=N)cc(C(C)(C)C)c1O. The van der Waals surface area contributed by atoms with Gasteiger partial charge < -0.3 is 14.7 Å². The summed E-state index contributed by atoms with van der Waals surface area (Å²) in [7, 11) is 1.47. The van der Waals surface area contributed by atoms with E-state index in [4.69, 9.17) is 10.1 Å². The summed E-state index contributed by atoms with van der Waals surface area (Å²) in [5.74, 6) is 0.474. The maximum Gasteiger partial charge on any atom is 0.182 e. The number of ketones is 1. The zero-order chi connectivity index (χ0) is 19.9. The molecule has 0 fully saturated rings. The van der Waals surface area contributed by atoms with Crippen LogP contribution >= 0.6 is 17.0 Å². The number of nitrogens with zero attached hydrogens (tertiary/aromatic N) is 2. The Kier molecular flexibility index (Phi) is 6.18. The number of fused-ring (bicyclic) bond motifs is 1. The molecule has 1 aliphatic rings. The molecule has 6 nitrogen and oxygen atoms in total. The Bertz CT molecular complexity index is 935. The van der Waals surface area contributed by atoms with E-state index in [9.17, 15) is 9.90 Å². The molecule has 1 aromatic heterocycles. The Morgan fingerprint density at radius 2 is 2.00 bits per heavy atom. The first kappa shape index (κ1) is 21.9. The number of hydrogen-bond donors (Lipinski definition) is 2. The molecule has 150 valence electrons. The Morgan fingerprint density at radius 3 is 2.61 bits per heavy atom. The van der Waals surface area contributed by atoms with Crippen molar-refractivity contribution in [3.05, 3.63) is 52.3 Å². The van der Waals surface area contributed by atoms with Gasteiger partial charge in [-0.3, -0.25) is 10.2 Å². The number of pyridine rings is 1. The van der Waals surface area contributed by atoms with Crippen LogP contribution in [0.15, 0.2) is 24.3 Å². The van der Waals surface area contributed by atoms with Gasteiger partial charge in [-0.1, -0.05) is 26.8 Å². The zero-order valence-electron chi connectivity index (χ0n) is 16.8. The van der Waals surface area contributed by atoms with Crippen LogP contribution in [0.1, 0.15) is 53.6 Å². The molecule has 0 spiro atoms. The molecule has 7 heteroatoms. The molecular formula is C21H26BrN3O3. The third-order valence-corrected chi connectivity index (χ3v) is 4.78. The standard InChI is InChI=1S/C21H25N3O3.BrH/c1-12-6-7-13-10-24(20(22)18(13)23-12)11-16(25)14-8-15(21(2,3)4)19(26)17(9-14)27-5;/h6-9,22,26H,10-11H2,1-5H3;1H. The molecule has 0 saturated heterocycles. The molecule has 0 unspecified atom stereocenters. The third-order valence-electron chi connectivity index (χ3n) is 4.78. The number of carbonyl (C=O) groups excluding carboxylic acids is 1. The van der Waals surface area contributed by atoms with Gasteiger partial charge in [-0.25, -0.2) is 4.98 Å². The molecule has 0 radical (unpaired) electrons. The number of benzene rings is 1. The summed E-state index contributed by atoms with van der Waals surface area (Å²) in [6, 6.07) is 7.15. The highest BCUT2D eigenvalue weighted by atomic mass is 79.9. The fourth-order valence-electron chi connectivity index (χ4n) is 3.25. The van der Waals surface area contributed by atoms with Crippen LogP contribution in [0.25, 0.3) is 0 Å². The number of aromatic nitrogens is 1. The minimum atomic E-state index is -0.342. The summed E-state index contributed by atoms with van der Waals surface area (Å²) in [5.41, 5.74) is 3.22. The number of halogens is 1. The second kappa shape index (κ2) is 7.91. The number of phenolic OH excluding ortho intramolecular Hbond substituents is 1. The van der Waals surface area contributed by atoms with Crippen molar-refractivity contribution in [2.24, 2.45) is 0 Å². The first-order valence-corrected chi connectivity index (χ1v) is 8.87. The molecule has 2 aromatic rings. The minimum Gasteiger partial charge on any atom is -0.504 e. The van der Waals surface area contributed by atoms with Gasteiger partial charge >= 0.3 is 0 Å². The minimum absolute atomic E-state index is 0. The molecule has 2 heterocycles. The average molecular weight is 448 g/mol. The fraction of sp³-hybridized carbons (Fsp3) is 0.381. The smallest absolute Gasteiger partial charge is 0.182 e. The topological polar surface area (TPSA) is 86.5 Å². The van der Waals surface area contributed by atoms with Crippen molar-refractivity contribution in [1.82, 2.24) is 9.88 Å². The van der Waals surface area contributed by atoms with Crippen LogP contribution < -0.4 is 4.74 Å². The van der Waals surface area contributed by atoms with Gasteiger partial charge in [0, 0.05) is 28.9 Å². The van der Waals surface area contributed by atoms with E-state index in [1.165, 1.54) is 7.11 Å². The van der Waals surface area contributed by atoms with Crippen LogP contribution in [0.3, 0.4) is 0 Å². The molecule has 1 aromatic carbocycles. The van der Waals surface area contributed by atoms with Gasteiger partial charge in [0.25, 0.3) is 0 Å². The lowest BCUT2D eigenvalue weighted by molar-refractivity contribution is 0.0962. The van der Waals surface area contributed by atoms with Crippen LogP contribution in [0.4, 0.5) is 0 Å². The summed E-state index contributed by atoms with van der Waals surface area (Å²) in [5, 5.41) is 18.8. The van der Waals surface area contributed by atoms with Gasteiger partial charge in [-0.2, -0.15) is 0 Å². The molecule has 0 amide bonds. The first-order chi connectivity index (χ1) is 12.6. The van der Waals surface area contributed by atoms with Crippen molar-refractivity contribution in [2.75, 3.05) is 13.7 Å². The van der Waals surface area contributed by atoms with Gasteiger partial charge in [-0.15, -0.1) is 17.0 Å². The lowest BCUT2D eigenvalue weighted by atomic mass is 9.84. The van der Waals surface area contributed by atoms with E-state index in [2.05, 4.69) is 4.98 Å². The number of carbonyl (C=O) groups is 1. The van der Waals surface area contributed by atoms with E-state index in [1.54, 1.807) is 17.0 Å². The molecule has 28 heavy (non-hydrogen) atoms. The van der Waals surface area contributed by atoms with Gasteiger partial charge in [0.1, 0.15) is 11.5 Å². The van der Waals surface area contributed by atoms with E-state index < -0.39 is 0 Å². The number of methoxy groups -OCH3 is 1. The van der Waals surface area contributed by atoms with Crippen molar-refractivity contribution >= 4 is 28.6 Å². The normalized spacial score (nSPS) is 13.2. The number of ether oxygens (including phenoxy) is 1. The molecule has 2 N–H and O–H groups in total. The predicted octanol–water partition coefficient (Wildman–Crippen LogP) is 4.00. The lowest BCUT2D eigenvalue weighted by Crippen LogP contribution is -2.30. The van der Waals surface area contributed by atoms with Crippen LogP contribution in [0, 0.1) is 12.3 Å². The summed E-state index contributed by atoms with van der Waals surface area (Å²) in [6.45, 7) is 8.36. The molecular weight excluding hydrogens is 422 g/mol. The maximum absolute atomic E-state index is 12.9. The Labute approximate surface area is 175 Å². The monoisotopic (exact) mass is 447 g/mol. The highest BCUT2D eigenvalue weighted by Crippen LogP contribution is 2.38. The fourth-order valence-corrected chi connectivity index (χ4v) is 3.25. The van der Waals surface area contributed by atoms with E-state index in [0.29, 0.717) is 23.4 Å². The second-order valence-electron chi connectivity index (χ2n) is 7.91. The number of rotatable bonds is 4. The Morgan fingerprint density at radius 1 is 1.32 bits per heavy atom. The van der Waals surface area contributed by atoms with Crippen molar-refractivity contribution < 1.29 is 14.6 Å². The van der Waals surface area contributed by atoms with Crippen LogP contribution in [-0.2, 0) is 12.0 Å². The number of phenols is 1. The molecule has 0 atom stereocenters. The second-order valence-corrected chi connectivity index (χ2v) is 7.91. The summed E-state index contributed by atoms with van der Waals surface area (Å²) in [4.78, 5) is 19.1. The average Bonchev–Trinajstić information content (AvgIpc) is 2.89. The predicted molar refractivity (Wildman–Crippen MR) is 114 cm³/mol. The van der Waals surface area contributed by atoms with E-state index in [0.717, 1.165) is 11.3 Å². The highest BCUT2D eigenvalue weighted by molar-refractivity contribution is 8.93. The summed E-state index contributed by atoms with van der Waals surface area (Å²) >= 11 is 0. The molecule has 3 rings (SSSR count). The van der Waals surface area contributed by atoms with Crippen LogP contribution in [-0.4, -0.2) is 40.3 Å². The number of aromatic hydroxyl groups is 1. The van der Waals surface area contributed by atoms with Gasteiger partial charge in [0.2, 0.25) is 0 Å². The van der Waals surface area contributed by atoms with Gasteiger partial charge in [-0.05, 0) is 30.5 Å². The zero-order valence-corrected chi connectivity index (χ0v) is 18.5. The van der Waals surface area contributed by atoms with E-state index in [1.807, 2.05) is 39.8 Å². The largest absolute Gasteiger partial charge is 0.504 e. The van der Waals surface area contributed by atoms with Crippen molar-refractivity contribution in [3.63, 3.8) is 0 Å². The number of nitrogens with one attached hydrogen (secondary N) is 1. The third kappa shape index (κ3) is 4.04. The summed E-state index contributed by atoms with van der Waals surface area (Å²) < 4.78 is 5.26. The Balaban J connectivity index is 0.00000280. The van der Waals surface area contributed by atoms with Crippen LogP contribution in [0.5, 0.6) is 11.5 Å². The summed E-state index contributed by atoms with van der Waals surface area (Å²) in [6.07, 6.45) is 0. The number of hydrogen-bond acceptors (Lipinski definition) is 5. The van der Waals surface area contributed by atoms with Crippen molar-refractivity contribution in [3.8, 4) is 11.5 Å². The van der Waals surface area contributed by atoms with Gasteiger partial charge in [0.15, 0.2) is 17.3 Å². The number of Topliss-reactive ketones (excluding diaryl/α,β-unsaturated/α-hetero) is 1. The van der Waals surface area contributed by atoms with Crippen molar-refractivity contribution in [2.45, 2.75) is 39.7 Å². The lowest BCUT2D eigenvalue weighted by Gasteiger charge is -2.23. The van der Waals surface area contributed by atoms with E-state index in [-0.39, 0.29) is 52.1 Å². The molecule has 0 bridgehead atoms. The van der Waals surface area contributed by atoms with Crippen LogP contribution in [0.2, 0.25) is 0 Å². The Hall–Kier alpha value is -2.41. The number of amidine groups is 1. The van der Waals surface area contributed by atoms with E-state index >= 15 is 0 Å². The maximum atomic E-state index is 12.9. The first-order valence-electron chi connectivity index (χ1n) is 8.87. The molecule has 0 aliphatic carbocycles. The van der Waals surface area contributed by atoms with Gasteiger partial charge in [0.05, 0.1) is 13.7 Å².